The van der Waals surface area contributed by atoms with Crippen LogP contribution in [0.5, 0.6) is 0 Å². The number of para-hydroxylation sites is 1. The molecule has 6 nitrogen and oxygen atoms in total. The van der Waals surface area contributed by atoms with Crippen molar-refractivity contribution in [2.24, 2.45) is 0 Å². The number of aromatic nitrogens is 1. The number of nitrogens with one attached hydrogen (secondary N) is 1. The van der Waals surface area contributed by atoms with E-state index in [1.54, 1.807) is 35.5 Å². The van der Waals surface area contributed by atoms with E-state index in [0.717, 1.165) is 36.1 Å². The maximum Gasteiger partial charge on any atom is 0.321 e. The molecule has 0 saturated carbocycles. The normalized spacial score (nSPS) is 21.7. The molecule has 2 saturated heterocycles. The standard InChI is InChI=1S/C29H29FN4O2/c30-24-7-1-2-8-25(24)32-29(36)33-16-3-4-17-34-26(19-33)28(27(34)20-35)23-13-11-21(12-14-23)9-10-22-6-5-15-31-18-22/h1-2,5-8,11-15,18,26-28,35H,3-4,16-17,19-20H2,(H,32,36)/t26-,27-,28+/m0/s1. The molecule has 2 fully saturated rings. The van der Waals surface area contributed by atoms with Gasteiger partial charge in [0.2, 0.25) is 0 Å². The Morgan fingerprint density at radius 1 is 1.03 bits per heavy atom. The summed E-state index contributed by atoms with van der Waals surface area (Å²) >= 11 is 0. The lowest BCUT2D eigenvalue weighted by atomic mass is 9.74. The van der Waals surface area contributed by atoms with Crippen molar-refractivity contribution < 1.29 is 14.3 Å². The molecule has 3 atom stereocenters. The highest BCUT2D eigenvalue weighted by atomic mass is 19.1. The van der Waals surface area contributed by atoms with Crippen molar-refractivity contribution in [2.45, 2.75) is 30.8 Å². The minimum Gasteiger partial charge on any atom is -0.395 e. The topological polar surface area (TPSA) is 68.7 Å². The molecule has 0 bridgehead atoms. The molecule has 0 aliphatic carbocycles. The summed E-state index contributed by atoms with van der Waals surface area (Å²) in [5, 5.41) is 12.9. The van der Waals surface area contributed by atoms with Crippen molar-refractivity contribution >= 4 is 11.7 Å². The molecule has 0 radical (unpaired) electrons. The molecule has 2 aliphatic rings. The summed E-state index contributed by atoms with van der Waals surface area (Å²) in [5.74, 6) is 5.94. The molecule has 2 aromatic carbocycles. The minimum atomic E-state index is -0.451. The Labute approximate surface area is 210 Å². The summed E-state index contributed by atoms with van der Waals surface area (Å²) in [7, 11) is 0. The van der Waals surface area contributed by atoms with Gasteiger partial charge in [-0.2, -0.15) is 0 Å². The van der Waals surface area contributed by atoms with E-state index in [0.29, 0.717) is 13.1 Å². The third-order valence-corrected chi connectivity index (χ3v) is 7.08. The smallest absolute Gasteiger partial charge is 0.321 e. The van der Waals surface area contributed by atoms with Gasteiger partial charge >= 0.3 is 6.03 Å². The van der Waals surface area contributed by atoms with Crippen LogP contribution in [0, 0.1) is 17.7 Å². The third-order valence-electron chi connectivity index (χ3n) is 7.08. The van der Waals surface area contributed by atoms with Crippen LogP contribution in [0.25, 0.3) is 0 Å². The fourth-order valence-corrected chi connectivity index (χ4v) is 5.25. The Hall–Kier alpha value is -3.73. The first-order valence-corrected chi connectivity index (χ1v) is 12.3. The fourth-order valence-electron chi connectivity index (χ4n) is 5.25. The first-order chi connectivity index (χ1) is 17.6. The number of anilines is 1. The second kappa shape index (κ2) is 10.9. The van der Waals surface area contributed by atoms with Crippen LogP contribution in [0.1, 0.15) is 35.4 Å². The quantitative estimate of drug-likeness (QED) is 0.550. The average molecular weight is 485 g/mol. The first kappa shape index (κ1) is 24.0. The Morgan fingerprint density at radius 2 is 1.81 bits per heavy atom. The highest BCUT2D eigenvalue weighted by Gasteiger charge is 2.49. The van der Waals surface area contributed by atoms with Gasteiger partial charge in [-0.25, -0.2) is 9.18 Å². The van der Waals surface area contributed by atoms with Gasteiger partial charge in [0.1, 0.15) is 5.82 Å². The molecule has 2 amide bonds. The molecule has 1 aromatic heterocycles. The Balaban J connectivity index is 1.32. The molecule has 3 heterocycles. The van der Waals surface area contributed by atoms with E-state index < -0.39 is 5.82 Å². The van der Waals surface area contributed by atoms with Crippen LogP contribution < -0.4 is 5.32 Å². The van der Waals surface area contributed by atoms with Crippen molar-refractivity contribution in [3.8, 4) is 11.8 Å². The number of amides is 2. The van der Waals surface area contributed by atoms with Gasteiger partial charge in [0.15, 0.2) is 0 Å². The van der Waals surface area contributed by atoms with E-state index in [-0.39, 0.29) is 36.3 Å². The van der Waals surface area contributed by atoms with Crippen LogP contribution in [0.4, 0.5) is 14.9 Å². The maximum atomic E-state index is 14.1. The van der Waals surface area contributed by atoms with Crippen molar-refractivity contribution in [3.63, 3.8) is 0 Å². The summed E-state index contributed by atoms with van der Waals surface area (Å²) in [6.07, 6.45) is 5.26. The van der Waals surface area contributed by atoms with Gasteiger partial charge in [-0.1, -0.05) is 36.1 Å². The molecular weight excluding hydrogens is 455 g/mol. The van der Waals surface area contributed by atoms with Crippen LogP contribution in [-0.2, 0) is 0 Å². The van der Waals surface area contributed by atoms with Gasteiger partial charge in [-0.05, 0) is 61.3 Å². The fraction of sp³-hybridized carbons (Fsp3) is 0.310. The maximum absolute atomic E-state index is 14.1. The van der Waals surface area contributed by atoms with Gasteiger partial charge in [0, 0.05) is 54.6 Å². The second-order valence-corrected chi connectivity index (χ2v) is 9.26. The molecule has 0 unspecified atom stereocenters. The van der Waals surface area contributed by atoms with Crippen molar-refractivity contribution in [1.82, 2.24) is 14.8 Å². The Morgan fingerprint density at radius 3 is 2.56 bits per heavy atom. The molecule has 184 valence electrons. The van der Waals surface area contributed by atoms with Crippen molar-refractivity contribution in [3.05, 3.63) is 95.6 Å². The van der Waals surface area contributed by atoms with Crippen molar-refractivity contribution in [1.29, 1.82) is 0 Å². The lowest BCUT2D eigenvalue weighted by molar-refractivity contribution is -0.0585. The number of halogens is 1. The molecule has 7 heteroatoms. The monoisotopic (exact) mass is 484 g/mol. The van der Waals surface area contributed by atoms with E-state index in [1.165, 1.54) is 6.07 Å². The number of nitrogens with zero attached hydrogens (tertiary/aromatic N) is 3. The minimum absolute atomic E-state index is 0.0110. The van der Waals surface area contributed by atoms with Crippen molar-refractivity contribution in [2.75, 3.05) is 31.6 Å². The summed E-state index contributed by atoms with van der Waals surface area (Å²) in [6.45, 7) is 2.09. The predicted octanol–water partition coefficient (Wildman–Crippen LogP) is 4.08. The molecular formula is C29H29FN4O2. The van der Waals surface area contributed by atoms with Gasteiger partial charge in [-0.15, -0.1) is 0 Å². The predicted molar refractivity (Wildman–Crippen MR) is 137 cm³/mol. The number of pyridine rings is 1. The van der Waals surface area contributed by atoms with Gasteiger partial charge in [0.05, 0.1) is 12.3 Å². The molecule has 2 N–H and O–H groups in total. The summed E-state index contributed by atoms with van der Waals surface area (Å²) in [4.78, 5) is 21.2. The number of fused-ring (bicyclic) bond motifs is 1. The SMILES string of the molecule is O=C(Nc1ccccc1F)N1CCCCN2[C@@H](CO)[C@H](c3ccc(C#Cc4cccnc4)cc3)[C@@H]2C1. The Bertz CT molecular complexity index is 1260. The van der Waals surface area contributed by atoms with E-state index in [4.69, 9.17) is 0 Å². The molecule has 0 spiro atoms. The number of hydrogen-bond donors (Lipinski definition) is 2. The van der Waals surface area contributed by atoms with Crippen LogP contribution >= 0.6 is 0 Å². The summed E-state index contributed by atoms with van der Waals surface area (Å²) < 4.78 is 14.1. The zero-order chi connectivity index (χ0) is 24.9. The number of rotatable bonds is 3. The third kappa shape index (κ3) is 5.11. The molecule has 3 aromatic rings. The van der Waals surface area contributed by atoms with Crippen LogP contribution in [-0.4, -0.2) is 64.2 Å². The second-order valence-electron chi connectivity index (χ2n) is 9.26. The number of benzene rings is 2. The van der Waals surface area contributed by atoms with Crippen LogP contribution in [0.2, 0.25) is 0 Å². The number of aliphatic hydroxyl groups is 1. The molecule has 36 heavy (non-hydrogen) atoms. The van der Waals surface area contributed by atoms with E-state index >= 15 is 0 Å². The van der Waals surface area contributed by atoms with Gasteiger partial charge in [-0.3, -0.25) is 9.88 Å². The largest absolute Gasteiger partial charge is 0.395 e. The number of urea groups is 1. The van der Waals surface area contributed by atoms with E-state index in [9.17, 15) is 14.3 Å². The lowest BCUT2D eigenvalue weighted by Crippen LogP contribution is -2.68. The van der Waals surface area contributed by atoms with E-state index in [2.05, 4.69) is 39.2 Å². The first-order valence-electron chi connectivity index (χ1n) is 12.3. The highest BCUT2D eigenvalue weighted by Crippen LogP contribution is 2.42. The number of carbonyl (C=O) groups is 1. The van der Waals surface area contributed by atoms with Gasteiger partial charge in [0.25, 0.3) is 0 Å². The zero-order valence-corrected chi connectivity index (χ0v) is 20.0. The molecule has 5 rings (SSSR count). The number of hydrogen-bond acceptors (Lipinski definition) is 4. The number of carbonyl (C=O) groups excluding carboxylic acids is 1. The van der Waals surface area contributed by atoms with Gasteiger partial charge < -0.3 is 15.3 Å². The lowest BCUT2D eigenvalue weighted by Gasteiger charge is -2.57. The zero-order valence-electron chi connectivity index (χ0n) is 20.0. The average Bonchev–Trinajstić information content (AvgIpc) is 2.89. The highest BCUT2D eigenvalue weighted by molar-refractivity contribution is 5.89. The summed E-state index contributed by atoms with van der Waals surface area (Å²) in [5.41, 5.74) is 3.07. The van der Waals surface area contributed by atoms with E-state index in [1.807, 2.05) is 24.3 Å². The number of aliphatic hydroxyl groups excluding tert-OH is 1. The van der Waals surface area contributed by atoms with Crippen LogP contribution in [0.3, 0.4) is 0 Å². The Kier molecular flexibility index (Phi) is 7.26. The molecule has 2 aliphatic heterocycles. The summed E-state index contributed by atoms with van der Waals surface area (Å²) in [6, 6.07) is 17.9. The van der Waals surface area contributed by atoms with Crippen LogP contribution in [0.15, 0.2) is 73.1 Å².